The van der Waals surface area contributed by atoms with Gasteiger partial charge < -0.3 is 23.9 Å². The minimum absolute atomic E-state index is 0.0421. The number of ether oxygens (including phenoxy) is 3. The van der Waals surface area contributed by atoms with E-state index in [2.05, 4.69) is 36.8 Å². The summed E-state index contributed by atoms with van der Waals surface area (Å²) in [5.74, 6) is -2.02. The molecule has 2 fully saturated rings. The van der Waals surface area contributed by atoms with Crippen LogP contribution in [0.1, 0.15) is 29.6 Å². The maximum atomic E-state index is 14.3. The van der Waals surface area contributed by atoms with Gasteiger partial charge in [-0.2, -0.15) is 0 Å². The van der Waals surface area contributed by atoms with Crippen LogP contribution < -0.4 is 31.1 Å². The highest BCUT2D eigenvalue weighted by atomic mass is 79.9. The number of carbonyl (C=O) groups excluding carboxylic acids is 2. The molecular formula is C33H30Br2Cl2N6O9. The van der Waals surface area contributed by atoms with Crippen LogP contribution in [0.3, 0.4) is 0 Å². The molecule has 1 saturated heterocycles. The Balaban J connectivity index is 1.34. The maximum absolute atomic E-state index is 14.3. The number of aromatic hydroxyl groups is 1. The molecule has 2 aromatic carbocycles. The Morgan fingerprint density at radius 3 is 2.23 bits per heavy atom. The van der Waals surface area contributed by atoms with Crippen LogP contribution in [0.4, 0.5) is 0 Å². The summed E-state index contributed by atoms with van der Waals surface area (Å²) in [6, 6.07) is 3.74. The van der Waals surface area contributed by atoms with E-state index in [1.54, 1.807) is 25.3 Å². The summed E-state index contributed by atoms with van der Waals surface area (Å²) in [6.07, 6.45) is 1.32. The molecule has 7 rings (SSSR count). The summed E-state index contributed by atoms with van der Waals surface area (Å²) in [4.78, 5) is 70.5. The zero-order chi connectivity index (χ0) is 37.8. The molecular weight excluding hydrogens is 855 g/mol. The van der Waals surface area contributed by atoms with Crippen molar-refractivity contribution in [3.05, 3.63) is 81.4 Å². The number of phenolic OH excluding ortho intramolecular Hbond substituents is 1. The lowest BCUT2D eigenvalue weighted by molar-refractivity contribution is -0.137. The van der Waals surface area contributed by atoms with Crippen molar-refractivity contribution in [2.24, 2.45) is 7.05 Å². The van der Waals surface area contributed by atoms with E-state index in [-0.39, 0.29) is 47.6 Å². The highest BCUT2D eigenvalue weighted by Gasteiger charge is 2.75. The monoisotopic (exact) mass is 882 g/mol. The van der Waals surface area contributed by atoms with Crippen LogP contribution in [0, 0.1) is 0 Å². The number of likely N-dealkylation sites (tertiary alicyclic amines) is 1. The van der Waals surface area contributed by atoms with Gasteiger partial charge in [0.1, 0.15) is 5.69 Å². The van der Waals surface area contributed by atoms with Gasteiger partial charge in [-0.15, -0.1) is 23.2 Å². The highest BCUT2D eigenvalue weighted by molar-refractivity contribution is 9.13. The number of rotatable bonds is 7. The molecule has 4 unspecified atom stereocenters. The molecule has 15 nitrogen and oxygen atoms in total. The number of imide groups is 1. The summed E-state index contributed by atoms with van der Waals surface area (Å²) in [7, 11) is 7.17. The van der Waals surface area contributed by atoms with Crippen molar-refractivity contribution in [2.75, 3.05) is 28.4 Å². The van der Waals surface area contributed by atoms with Crippen molar-refractivity contribution in [1.82, 2.24) is 28.4 Å². The van der Waals surface area contributed by atoms with Crippen molar-refractivity contribution in [3.8, 4) is 23.0 Å². The molecule has 2 aliphatic heterocycles. The van der Waals surface area contributed by atoms with Gasteiger partial charge in [-0.05, 0) is 49.1 Å². The average Bonchev–Trinajstić information content (AvgIpc) is 3.45. The van der Waals surface area contributed by atoms with Gasteiger partial charge in [0.25, 0.3) is 17.4 Å². The van der Waals surface area contributed by atoms with Gasteiger partial charge in [0.2, 0.25) is 0 Å². The normalized spacial score (nSPS) is 23.7. The Labute approximate surface area is 321 Å². The lowest BCUT2D eigenvalue weighted by Crippen LogP contribution is -2.59. The molecule has 274 valence electrons. The summed E-state index contributed by atoms with van der Waals surface area (Å²) < 4.78 is 21.5. The van der Waals surface area contributed by atoms with Gasteiger partial charge in [0.15, 0.2) is 32.7 Å². The Hall–Kier alpha value is -4.06. The highest BCUT2D eigenvalue weighted by Crippen LogP contribution is 2.64. The van der Waals surface area contributed by atoms with Crippen LogP contribution in [-0.2, 0) is 36.1 Å². The predicted molar refractivity (Wildman–Crippen MR) is 196 cm³/mol. The van der Waals surface area contributed by atoms with E-state index >= 15 is 0 Å². The molecule has 2 amide bonds. The first kappa shape index (κ1) is 36.3. The van der Waals surface area contributed by atoms with Crippen LogP contribution in [0.5, 0.6) is 23.0 Å². The quantitative estimate of drug-likeness (QED) is 0.165. The van der Waals surface area contributed by atoms with Gasteiger partial charge in [-0.3, -0.25) is 19.3 Å². The topological polar surface area (TPSA) is 169 Å². The van der Waals surface area contributed by atoms with Crippen molar-refractivity contribution in [2.45, 2.75) is 47.6 Å². The lowest BCUT2D eigenvalue weighted by Gasteiger charge is -2.49. The molecule has 1 N–H and O–H groups in total. The van der Waals surface area contributed by atoms with E-state index < -0.39 is 50.5 Å². The number of aromatic nitrogens is 5. The van der Waals surface area contributed by atoms with E-state index in [1.807, 2.05) is 0 Å². The number of methoxy groups -OCH3 is 3. The summed E-state index contributed by atoms with van der Waals surface area (Å²) in [6.45, 7) is -0.286. The number of fused-ring (bicyclic) bond motifs is 5. The van der Waals surface area contributed by atoms with Crippen LogP contribution >= 0.6 is 55.1 Å². The van der Waals surface area contributed by atoms with Crippen LogP contribution in [0.25, 0.3) is 11.0 Å². The second-order valence-corrected chi connectivity index (χ2v) is 15.5. The lowest BCUT2D eigenvalue weighted by atomic mass is 9.64. The average molecular weight is 885 g/mol. The molecule has 0 radical (unpaired) electrons. The molecule has 2 aromatic heterocycles. The molecule has 0 spiro atoms. The Kier molecular flexibility index (Phi) is 8.74. The fourth-order valence-electron chi connectivity index (χ4n) is 7.66. The van der Waals surface area contributed by atoms with Crippen LogP contribution in [0.2, 0.25) is 0 Å². The Morgan fingerprint density at radius 1 is 0.923 bits per heavy atom. The number of halogens is 4. The predicted octanol–water partition coefficient (Wildman–Crippen LogP) is 3.18. The smallest absolute Gasteiger partial charge is 0.347 e. The Morgan fingerprint density at radius 2 is 1.58 bits per heavy atom. The number of hydrogen-bond donors (Lipinski definition) is 1. The number of phenols is 1. The number of aryl methyl sites for hydroxylation is 2. The van der Waals surface area contributed by atoms with Crippen molar-refractivity contribution < 1.29 is 28.9 Å². The summed E-state index contributed by atoms with van der Waals surface area (Å²) in [5.41, 5.74) is 0.0377. The Bertz CT molecular complexity index is 2470. The number of hydrogen-bond acceptors (Lipinski definition) is 10. The number of benzene rings is 2. The van der Waals surface area contributed by atoms with E-state index in [1.165, 1.54) is 48.4 Å². The number of alkyl halides is 2. The van der Waals surface area contributed by atoms with Crippen molar-refractivity contribution in [3.63, 3.8) is 0 Å². The third-order valence-electron chi connectivity index (χ3n) is 10.3. The van der Waals surface area contributed by atoms with Crippen LogP contribution in [0.15, 0.2) is 53.2 Å². The second kappa shape index (κ2) is 12.5. The zero-order valence-electron chi connectivity index (χ0n) is 28.2. The minimum Gasteiger partial charge on any atom is -0.503 e. The SMILES string of the molecule is COc1cc2nc(CCn3c(=O)n4n(c3=O)C3CC5(Cl)C(=O)N(C)C(=O)C5(Cl)C(c5cc(OC)c(O)c(Br)c5Br)C3=CC4)c(=O)n(C)c2cc1OC. The molecule has 4 aromatic rings. The van der Waals surface area contributed by atoms with Gasteiger partial charge in [-0.25, -0.2) is 28.5 Å². The second-order valence-electron chi connectivity index (χ2n) is 12.7. The standard InChI is InChI=1S/C33H30Br2Cl2N6O9/c1-39-18-12-21(51-4)20(50-3)11-17(18)38-16(27(39)45)7-8-41-30(48)42-9-6-14-19(43(42)31(41)49)13-32(36)28(46)40(2)29(47)33(32,37)23(14)15-10-22(52-5)26(44)25(35)24(15)34/h6,10-12,19,23,44H,7-9,13H2,1-5H3. The van der Waals surface area contributed by atoms with Gasteiger partial charge in [-0.1, -0.05) is 6.08 Å². The van der Waals surface area contributed by atoms with Gasteiger partial charge in [0.05, 0.1) is 49.4 Å². The maximum Gasteiger partial charge on any atom is 0.347 e. The largest absolute Gasteiger partial charge is 0.503 e. The fraction of sp³-hybridized carbons (Fsp3) is 0.394. The van der Waals surface area contributed by atoms with E-state index in [9.17, 15) is 29.1 Å². The molecule has 0 bridgehead atoms. The summed E-state index contributed by atoms with van der Waals surface area (Å²) >= 11 is 21.4. The molecule has 19 heteroatoms. The van der Waals surface area contributed by atoms with E-state index in [4.69, 9.17) is 37.4 Å². The molecule has 4 heterocycles. The first-order valence-electron chi connectivity index (χ1n) is 15.8. The molecule has 1 saturated carbocycles. The number of amides is 2. The third kappa shape index (κ3) is 4.74. The summed E-state index contributed by atoms with van der Waals surface area (Å²) in [5, 5.41) is 10.7. The van der Waals surface area contributed by atoms with Gasteiger partial charge >= 0.3 is 11.4 Å². The molecule has 3 aliphatic rings. The zero-order valence-corrected chi connectivity index (χ0v) is 32.9. The first-order chi connectivity index (χ1) is 24.6. The first-order valence-corrected chi connectivity index (χ1v) is 18.1. The molecule has 4 atom stereocenters. The van der Waals surface area contributed by atoms with Crippen LogP contribution in [-0.4, -0.2) is 83.4 Å². The van der Waals surface area contributed by atoms with Crippen molar-refractivity contribution in [1.29, 1.82) is 0 Å². The molecule has 52 heavy (non-hydrogen) atoms. The van der Waals surface area contributed by atoms with E-state index in [0.717, 1.165) is 9.47 Å². The number of nitrogens with zero attached hydrogens (tertiary/aromatic N) is 6. The van der Waals surface area contributed by atoms with E-state index in [0.29, 0.717) is 38.1 Å². The molecule has 1 aliphatic carbocycles. The number of carbonyl (C=O) groups is 2. The van der Waals surface area contributed by atoms with Crippen molar-refractivity contribution >= 4 is 77.9 Å². The number of allylic oxidation sites excluding steroid dienone is 2. The third-order valence-corrected chi connectivity index (χ3v) is 13.9. The van der Waals surface area contributed by atoms with Gasteiger partial charge in [0, 0.05) is 56.0 Å². The minimum atomic E-state index is -2.07. The fourth-order valence-corrected chi connectivity index (χ4v) is 9.60.